The minimum atomic E-state index is -1.01. The lowest BCUT2D eigenvalue weighted by molar-refractivity contribution is -0.148. The Kier molecular flexibility index (Phi) is 7.39. The van der Waals surface area contributed by atoms with E-state index in [4.69, 9.17) is 25.8 Å². The molecule has 172 valence electrons. The topological polar surface area (TPSA) is 107 Å². The Balaban J connectivity index is 1.54. The van der Waals surface area contributed by atoms with Gasteiger partial charge >= 0.3 is 5.97 Å². The molecule has 4 rings (SSSR count). The van der Waals surface area contributed by atoms with Gasteiger partial charge in [0.25, 0.3) is 5.91 Å². The lowest BCUT2D eigenvalue weighted by Gasteiger charge is -2.19. The summed E-state index contributed by atoms with van der Waals surface area (Å²) in [5.74, 6) is -1.06. The van der Waals surface area contributed by atoms with Crippen molar-refractivity contribution in [2.24, 2.45) is 0 Å². The normalized spacial score (nSPS) is 14.8. The van der Waals surface area contributed by atoms with Crippen molar-refractivity contribution in [3.8, 4) is 0 Å². The number of aromatic nitrogens is 1. The summed E-state index contributed by atoms with van der Waals surface area (Å²) in [7, 11) is 0. The minimum Gasteiger partial charge on any atom is -0.464 e. The Bertz CT molecular complexity index is 1190. The van der Waals surface area contributed by atoms with Crippen molar-refractivity contribution < 1.29 is 23.8 Å². The summed E-state index contributed by atoms with van der Waals surface area (Å²) < 4.78 is 16.1. The van der Waals surface area contributed by atoms with Gasteiger partial charge in [-0.15, -0.1) is 0 Å². The van der Waals surface area contributed by atoms with Gasteiger partial charge in [0, 0.05) is 40.4 Å². The zero-order chi connectivity index (χ0) is 23.2. The summed E-state index contributed by atoms with van der Waals surface area (Å²) >= 11 is 5.90. The molecule has 0 spiro atoms. The van der Waals surface area contributed by atoms with Crippen molar-refractivity contribution in [3.05, 3.63) is 81.1 Å². The molecule has 0 radical (unpaired) electrons. The Labute approximate surface area is 194 Å². The van der Waals surface area contributed by atoms with Crippen molar-refractivity contribution in [1.29, 1.82) is 0 Å². The number of H-pyrrole nitrogens is 1. The maximum Gasteiger partial charge on any atom is 0.328 e. The lowest BCUT2D eigenvalue weighted by Crippen LogP contribution is -2.43. The monoisotopic (exact) mass is 470 g/mol. The lowest BCUT2D eigenvalue weighted by atomic mass is 10.0. The van der Waals surface area contributed by atoms with E-state index in [0.717, 1.165) is 5.39 Å². The highest BCUT2D eigenvalue weighted by Gasteiger charge is 2.25. The largest absolute Gasteiger partial charge is 0.464 e. The highest BCUT2D eigenvalue weighted by atomic mass is 35.5. The molecule has 2 aromatic carbocycles. The Morgan fingerprint density at radius 2 is 1.85 bits per heavy atom. The van der Waals surface area contributed by atoms with Crippen molar-refractivity contribution in [3.63, 3.8) is 0 Å². The second kappa shape index (κ2) is 10.6. The molecule has 3 aromatic rings. The summed E-state index contributed by atoms with van der Waals surface area (Å²) in [5, 5.41) is 4.01. The van der Waals surface area contributed by atoms with Crippen LogP contribution in [0.2, 0.25) is 5.02 Å². The summed E-state index contributed by atoms with van der Waals surface area (Å²) in [4.78, 5) is 40.7. The Morgan fingerprint density at radius 1 is 1.12 bits per heavy atom. The first kappa shape index (κ1) is 23.0. The number of ether oxygens (including phenoxy) is 3. The number of pyridine rings is 1. The van der Waals surface area contributed by atoms with Crippen LogP contribution >= 0.6 is 11.6 Å². The number of hydrogen-bond donors (Lipinski definition) is 2. The molecule has 33 heavy (non-hydrogen) atoms. The van der Waals surface area contributed by atoms with Gasteiger partial charge in [-0.05, 0) is 35.9 Å². The third-order valence-electron chi connectivity index (χ3n) is 5.25. The van der Waals surface area contributed by atoms with Gasteiger partial charge in [-0.1, -0.05) is 29.8 Å². The number of amides is 1. The van der Waals surface area contributed by atoms with Crippen LogP contribution in [0.15, 0.2) is 59.4 Å². The van der Waals surface area contributed by atoms with Crippen LogP contribution in [0.4, 0.5) is 0 Å². The van der Waals surface area contributed by atoms with Crippen LogP contribution in [-0.4, -0.2) is 49.0 Å². The van der Waals surface area contributed by atoms with Crippen LogP contribution in [0, 0.1) is 0 Å². The highest BCUT2D eigenvalue weighted by molar-refractivity contribution is 6.30. The van der Waals surface area contributed by atoms with Crippen molar-refractivity contribution in [2.45, 2.75) is 25.2 Å². The molecule has 1 atom stereocenters. The van der Waals surface area contributed by atoms with Gasteiger partial charge in [0.2, 0.25) is 5.56 Å². The number of carbonyl (C=O) groups is 2. The second-order valence-corrected chi connectivity index (χ2v) is 8.01. The van der Waals surface area contributed by atoms with E-state index in [-0.39, 0.29) is 18.6 Å². The van der Waals surface area contributed by atoms with Gasteiger partial charge in [-0.2, -0.15) is 0 Å². The fourth-order valence-electron chi connectivity index (χ4n) is 3.63. The number of benzene rings is 2. The molecule has 0 saturated carbocycles. The van der Waals surface area contributed by atoms with E-state index >= 15 is 0 Å². The number of hydrogen-bond acceptors (Lipinski definition) is 6. The quantitative estimate of drug-likeness (QED) is 0.490. The predicted molar refractivity (Wildman–Crippen MR) is 122 cm³/mol. The molecule has 0 bridgehead atoms. The molecule has 1 aliphatic rings. The minimum absolute atomic E-state index is 0.0763. The van der Waals surface area contributed by atoms with Crippen LogP contribution in [-0.2, 0) is 25.4 Å². The van der Waals surface area contributed by atoms with Crippen LogP contribution in [0.25, 0.3) is 10.9 Å². The molecule has 1 fully saturated rings. The zero-order valence-corrected chi connectivity index (χ0v) is 18.5. The number of rotatable bonds is 8. The highest BCUT2D eigenvalue weighted by Crippen LogP contribution is 2.18. The van der Waals surface area contributed by atoms with E-state index in [0.29, 0.717) is 41.3 Å². The van der Waals surface area contributed by atoms with Crippen molar-refractivity contribution in [2.75, 3.05) is 19.8 Å². The maximum atomic E-state index is 12.9. The molecule has 2 heterocycles. The summed E-state index contributed by atoms with van der Waals surface area (Å²) in [6.45, 7) is 1.09. The molecule has 1 saturated heterocycles. The van der Waals surface area contributed by atoms with Gasteiger partial charge in [-0.25, -0.2) is 4.79 Å². The van der Waals surface area contributed by atoms with Crippen molar-refractivity contribution in [1.82, 2.24) is 10.3 Å². The van der Waals surface area contributed by atoms with Crippen LogP contribution < -0.4 is 10.9 Å². The molecule has 1 aromatic heterocycles. The van der Waals surface area contributed by atoms with Crippen LogP contribution in [0.1, 0.15) is 22.3 Å². The zero-order valence-electron chi connectivity index (χ0n) is 17.7. The third kappa shape index (κ3) is 5.98. The predicted octanol–water partition coefficient (Wildman–Crippen LogP) is 2.83. The number of nitrogens with one attached hydrogen (secondary N) is 2. The number of esters is 1. The smallest absolute Gasteiger partial charge is 0.328 e. The summed E-state index contributed by atoms with van der Waals surface area (Å²) in [6, 6.07) is 14.0. The molecule has 1 unspecified atom stereocenters. The molecule has 9 heteroatoms. The van der Waals surface area contributed by atoms with Gasteiger partial charge in [-0.3, -0.25) is 9.59 Å². The Hall–Kier alpha value is -3.20. The molecular formula is C24H23ClN2O6. The van der Waals surface area contributed by atoms with Gasteiger partial charge in [0.05, 0.1) is 19.8 Å². The second-order valence-electron chi connectivity index (χ2n) is 7.57. The number of fused-ring (bicyclic) bond motifs is 1. The van der Waals surface area contributed by atoms with Gasteiger partial charge < -0.3 is 24.5 Å². The molecule has 8 nitrogen and oxygen atoms in total. The Morgan fingerprint density at radius 3 is 2.61 bits per heavy atom. The first-order chi connectivity index (χ1) is 16.0. The molecular weight excluding hydrogens is 448 g/mol. The summed E-state index contributed by atoms with van der Waals surface area (Å²) in [5.41, 5.74) is 1.32. The average Bonchev–Trinajstić information content (AvgIpc) is 3.32. The fourth-order valence-corrected chi connectivity index (χ4v) is 3.76. The van der Waals surface area contributed by atoms with E-state index in [2.05, 4.69) is 10.3 Å². The molecule has 2 N–H and O–H groups in total. The molecule has 1 aliphatic heterocycles. The van der Waals surface area contributed by atoms with E-state index < -0.39 is 24.2 Å². The van der Waals surface area contributed by atoms with Crippen molar-refractivity contribution >= 4 is 34.4 Å². The summed E-state index contributed by atoms with van der Waals surface area (Å²) in [6.07, 6.45) is 0.0628. The standard InChI is InChI=1S/C24H23ClN2O6/c25-17-7-5-15(6-8-17)23(29)27-20(24(30)33-10-9-22-31-11-12-32-22)13-16-14-21(28)26-19-4-2-1-3-18(16)19/h1-8,14,20,22H,9-13H2,(H,26,28)(H,27,29). The van der Waals surface area contributed by atoms with Gasteiger partial charge in [0.1, 0.15) is 6.04 Å². The molecule has 0 aliphatic carbocycles. The van der Waals surface area contributed by atoms with E-state index in [9.17, 15) is 14.4 Å². The SMILES string of the molecule is O=C(NC(Cc1cc(=O)[nH]c2ccccc12)C(=O)OCCC1OCCO1)c1ccc(Cl)cc1. The van der Waals surface area contributed by atoms with E-state index in [1.165, 1.54) is 6.07 Å². The van der Waals surface area contributed by atoms with Crippen LogP contribution in [0.3, 0.4) is 0 Å². The fraction of sp³-hybridized carbons (Fsp3) is 0.292. The maximum absolute atomic E-state index is 12.9. The first-order valence-electron chi connectivity index (χ1n) is 10.6. The number of para-hydroxylation sites is 1. The molecule has 1 amide bonds. The third-order valence-corrected chi connectivity index (χ3v) is 5.50. The van der Waals surface area contributed by atoms with Crippen LogP contribution in [0.5, 0.6) is 0 Å². The first-order valence-corrected chi connectivity index (χ1v) is 10.9. The number of aromatic amines is 1. The number of halogens is 1. The van der Waals surface area contributed by atoms with Gasteiger partial charge in [0.15, 0.2) is 6.29 Å². The van der Waals surface area contributed by atoms with E-state index in [1.54, 1.807) is 30.3 Å². The van der Waals surface area contributed by atoms with E-state index in [1.807, 2.05) is 18.2 Å². The number of carbonyl (C=O) groups excluding carboxylic acids is 2. The average molecular weight is 471 g/mol.